The van der Waals surface area contributed by atoms with Crippen LogP contribution in [0.4, 0.5) is 0 Å². The highest BCUT2D eigenvalue weighted by molar-refractivity contribution is 5.55. The van der Waals surface area contributed by atoms with Crippen LogP contribution in [0.2, 0.25) is 0 Å². The zero-order chi connectivity index (χ0) is 61.4. The molecule has 5 aromatic carbocycles. The van der Waals surface area contributed by atoms with Crippen LogP contribution in [0.25, 0.3) is 0 Å². The third kappa shape index (κ3) is 11.8. The Kier molecular flexibility index (Phi) is 21.5. The van der Waals surface area contributed by atoms with Crippen LogP contribution in [0.15, 0.2) is 133 Å². The molecule has 0 heterocycles. The molecular weight excluding hydrogens is 1080 g/mol. The van der Waals surface area contributed by atoms with Crippen molar-refractivity contribution in [1.82, 2.24) is 0 Å². The number of fused-ring (bicyclic) bond motifs is 8. The van der Waals surface area contributed by atoms with E-state index in [9.17, 15) is 0 Å². The average molecular weight is 1210 g/mol. The highest BCUT2D eigenvalue weighted by Crippen LogP contribution is 2.71. The third-order valence-corrected chi connectivity index (χ3v) is 28.6. The van der Waals surface area contributed by atoms with Gasteiger partial charge in [-0.15, -0.1) is 0 Å². The first-order valence-electron chi connectivity index (χ1n) is 39.9. The van der Waals surface area contributed by atoms with Crippen molar-refractivity contribution >= 4 is 0 Å². The van der Waals surface area contributed by atoms with Crippen LogP contribution in [0.5, 0.6) is 0 Å². The molecule has 8 fully saturated rings. The SMILES string of the molecule is CCCCCCCCC1CC2CCC1C2(c1ccccc1)c1ccc(C2(c3ccc(C4(c5ccc(C6(c7ccccc7)C7CCC6C(CCCCCCCC)C7)cc5)C5CCC4C(CCCCCCCC)C5)cc3)C3CCC2C(CCCCCCCC)C3)cc1. The zero-order valence-electron chi connectivity index (χ0n) is 57.9. The lowest BCUT2D eigenvalue weighted by Gasteiger charge is -2.41. The van der Waals surface area contributed by atoms with Crippen LogP contribution in [-0.2, 0) is 21.7 Å². The van der Waals surface area contributed by atoms with Crippen LogP contribution in [-0.4, -0.2) is 0 Å². The van der Waals surface area contributed by atoms with E-state index in [0.717, 1.165) is 71.0 Å². The van der Waals surface area contributed by atoms with Crippen molar-refractivity contribution in [1.29, 1.82) is 0 Å². The lowest BCUT2D eigenvalue weighted by Crippen LogP contribution is -2.37. The normalized spacial score (nSPS) is 33.6. The zero-order valence-corrected chi connectivity index (χ0v) is 57.9. The molecule has 0 N–H and O–H groups in total. The Labute approximate surface area is 552 Å². The maximum absolute atomic E-state index is 2.80. The van der Waals surface area contributed by atoms with Gasteiger partial charge in [-0.3, -0.25) is 0 Å². The topological polar surface area (TPSA) is 0 Å². The third-order valence-electron chi connectivity index (χ3n) is 28.6. The van der Waals surface area contributed by atoms with Crippen molar-refractivity contribution in [3.05, 3.63) is 178 Å². The van der Waals surface area contributed by atoms with Gasteiger partial charge in [-0.2, -0.15) is 0 Å². The van der Waals surface area contributed by atoms with Gasteiger partial charge in [0, 0.05) is 21.7 Å². The molecule has 0 aromatic heterocycles. The molecule has 486 valence electrons. The molecule has 13 rings (SSSR count). The van der Waals surface area contributed by atoms with Gasteiger partial charge >= 0.3 is 0 Å². The summed E-state index contributed by atoms with van der Waals surface area (Å²) in [4.78, 5) is 0. The summed E-state index contributed by atoms with van der Waals surface area (Å²) in [5.74, 6) is 9.27. The minimum atomic E-state index is 0.0852. The molecule has 5 aromatic rings. The lowest BCUT2D eigenvalue weighted by molar-refractivity contribution is 0.284. The fourth-order valence-corrected chi connectivity index (χ4v) is 25.1. The summed E-state index contributed by atoms with van der Waals surface area (Å²) in [5.41, 5.74) is 13.7. The summed E-state index contributed by atoms with van der Waals surface area (Å²) in [7, 11) is 0. The van der Waals surface area contributed by atoms with Crippen LogP contribution >= 0.6 is 0 Å². The Morgan fingerprint density at radius 3 is 0.622 bits per heavy atom. The molecule has 0 amide bonds. The molecule has 0 radical (unpaired) electrons. The Morgan fingerprint density at radius 2 is 0.411 bits per heavy atom. The molecule has 0 nitrogen and oxygen atoms in total. The quantitative estimate of drug-likeness (QED) is 0.0351. The lowest BCUT2D eigenvalue weighted by atomic mass is 9.62. The molecule has 0 aliphatic heterocycles. The van der Waals surface area contributed by atoms with Crippen LogP contribution in [0, 0.1) is 71.0 Å². The summed E-state index contributed by atoms with van der Waals surface area (Å²) in [6, 6.07) is 57.5. The van der Waals surface area contributed by atoms with Gasteiger partial charge in [-0.25, -0.2) is 0 Å². The Bertz CT molecular complexity index is 2750. The summed E-state index contributed by atoms with van der Waals surface area (Å²) >= 11 is 0. The maximum Gasteiger partial charge on any atom is 0.0261 e. The number of hydrogen-bond acceptors (Lipinski definition) is 0. The maximum atomic E-state index is 2.80. The van der Waals surface area contributed by atoms with Gasteiger partial charge in [-0.05, 0) is 193 Å². The minimum Gasteiger partial charge on any atom is -0.0654 e. The molecule has 0 spiro atoms. The Hall–Kier alpha value is -3.90. The second-order valence-electron chi connectivity index (χ2n) is 32.7. The monoisotopic (exact) mass is 1210 g/mol. The number of unbranched alkanes of at least 4 members (excludes halogenated alkanes) is 20. The molecular formula is C90H126. The highest BCUT2D eigenvalue weighted by Gasteiger charge is 2.64. The summed E-state index contributed by atoms with van der Waals surface area (Å²) in [6.07, 6.45) is 56.4. The first-order valence-corrected chi connectivity index (χ1v) is 39.9. The van der Waals surface area contributed by atoms with Crippen LogP contribution in [0.1, 0.15) is 329 Å². The molecule has 0 saturated heterocycles. The van der Waals surface area contributed by atoms with Gasteiger partial charge in [0.25, 0.3) is 0 Å². The molecule has 16 unspecified atom stereocenters. The van der Waals surface area contributed by atoms with Crippen LogP contribution < -0.4 is 0 Å². The van der Waals surface area contributed by atoms with Crippen molar-refractivity contribution < 1.29 is 0 Å². The van der Waals surface area contributed by atoms with Crippen molar-refractivity contribution in [3.8, 4) is 0 Å². The van der Waals surface area contributed by atoms with E-state index in [1.54, 1.807) is 44.5 Å². The largest absolute Gasteiger partial charge is 0.0654 e. The van der Waals surface area contributed by atoms with Crippen molar-refractivity contribution in [2.24, 2.45) is 71.0 Å². The van der Waals surface area contributed by atoms with E-state index < -0.39 is 0 Å². The van der Waals surface area contributed by atoms with Crippen molar-refractivity contribution in [2.45, 2.75) is 306 Å². The van der Waals surface area contributed by atoms with Gasteiger partial charge in [0.2, 0.25) is 0 Å². The number of rotatable bonds is 36. The number of hydrogen-bond donors (Lipinski definition) is 0. The van der Waals surface area contributed by atoms with Gasteiger partial charge in [0.15, 0.2) is 0 Å². The van der Waals surface area contributed by atoms with Gasteiger partial charge in [-0.1, -0.05) is 341 Å². The van der Waals surface area contributed by atoms with E-state index in [-0.39, 0.29) is 21.7 Å². The summed E-state index contributed by atoms with van der Waals surface area (Å²) in [6.45, 7) is 9.46. The molecule has 16 atom stereocenters. The molecule has 0 heteroatoms. The number of benzene rings is 5. The van der Waals surface area contributed by atoms with Crippen molar-refractivity contribution in [3.63, 3.8) is 0 Å². The van der Waals surface area contributed by atoms with E-state index >= 15 is 0 Å². The predicted octanol–water partition coefficient (Wildman–Crippen LogP) is 26.0. The smallest absolute Gasteiger partial charge is 0.0261 e. The average Bonchev–Trinajstić information content (AvgIpc) is 2.32. The minimum absolute atomic E-state index is 0.0852. The first kappa shape index (κ1) is 64.8. The van der Waals surface area contributed by atoms with Crippen molar-refractivity contribution in [2.75, 3.05) is 0 Å². The summed E-state index contributed by atoms with van der Waals surface area (Å²) in [5, 5.41) is 0. The fraction of sp³-hybridized carbons (Fsp3) is 0.667. The van der Waals surface area contributed by atoms with E-state index in [2.05, 4.69) is 161 Å². The van der Waals surface area contributed by atoms with E-state index in [4.69, 9.17) is 0 Å². The Morgan fingerprint density at radius 1 is 0.222 bits per heavy atom. The van der Waals surface area contributed by atoms with Gasteiger partial charge < -0.3 is 0 Å². The summed E-state index contributed by atoms with van der Waals surface area (Å²) < 4.78 is 0. The molecule has 90 heavy (non-hydrogen) atoms. The van der Waals surface area contributed by atoms with Gasteiger partial charge in [0.1, 0.15) is 0 Å². The van der Waals surface area contributed by atoms with Gasteiger partial charge in [0.05, 0.1) is 0 Å². The molecule has 8 aliphatic rings. The second kappa shape index (κ2) is 29.8. The molecule has 8 saturated carbocycles. The fourth-order valence-electron chi connectivity index (χ4n) is 25.1. The van der Waals surface area contributed by atoms with E-state index in [1.165, 1.54) is 257 Å². The Balaban J connectivity index is 0.850. The van der Waals surface area contributed by atoms with Crippen LogP contribution in [0.3, 0.4) is 0 Å². The molecule has 8 bridgehead atoms. The second-order valence-corrected chi connectivity index (χ2v) is 32.7. The standard InChI is InChI=1S/C90H126/c1-5-9-13-17-21-27-35-67-63-79-55-59-83(67)87(79,71-39-31-25-32-40-71)73-43-47-75(48-44-73)89(81-57-61-85(89)69(65-81)37-29-23-19-15-11-7-3)77-51-53-78(54-52-77)90(82-58-62-86(90)70(66-82)38-30-24-20-16-12-8-4)76-49-45-74(46-50-76)88(72-41-33-26-34-42-72)80-56-60-84(88)68(64-80)36-28-22-18-14-10-6-2/h25-26,31-34,39-54,67-70,79-86H,5-24,27-30,35-38,55-66H2,1-4H3. The molecule has 8 aliphatic carbocycles. The van der Waals surface area contributed by atoms with E-state index in [0.29, 0.717) is 0 Å². The highest BCUT2D eigenvalue weighted by atomic mass is 14.7. The predicted molar refractivity (Wildman–Crippen MR) is 385 cm³/mol. The van der Waals surface area contributed by atoms with E-state index in [1.807, 2.05) is 0 Å². The first-order chi connectivity index (χ1) is 44.5.